The van der Waals surface area contributed by atoms with Crippen LogP contribution >= 0.6 is 0 Å². The fraction of sp³-hybridized carbons (Fsp3) is 0.688. The van der Waals surface area contributed by atoms with E-state index in [0.29, 0.717) is 23.6 Å². The zero-order valence-corrected chi connectivity index (χ0v) is 13.0. The summed E-state index contributed by atoms with van der Waals surface area (Å²) >= 11 is 0. The van der Waals surface area contributed by atoms with E-state index in [9.17, 15) is 4.79 Å². The van der Waals surface area contributed by atoms with E-state index in [0.717, 1.165) is 18.8 Å². The first-order chi connectivity index (χ1) is 10.0. The predicted molar refractivity (Wildman–Crippen MR) is 81.1 cm³/mol. The number of hydrogen-bond donors (Lipinski definition) is 1. The lowest BCUT2D eigenvalue weighted by Gasteiger charge is -2.20. The van der Waals surface area contributed by atoms with Crippen LogP contribution in [-0.2, 0) is 0 Å². The van der Waals surface area contributed by atoms with Crippen LogP contribution in [0.15, 0.2) is 12.1 Å². The smallest absolute Gasteiger partial charge is 0.272 e. The highest BCUT2D eigenvalue weighted by atomic mass is 16.2. The van der Waals surface area contributed by atoms with Gasteiger partial charge in [0.15, 0.2) is 5.69 Å². The summed E-state index contributed by atoms with van der Waals surface area (Å²) in [7, 11) is 0. The maximum Gasteiger partial charge on any atom is 0.272 e. The van der Waals surface area contributed by atoms with Crippen LogP contribution in [0.5, 0.6) is 0 Å². The average molecular weight is 288 g/mol. The van der Waals surface area contributed by atoms with Crippen molar-refractivity contribution in [3.8, 4) is 0 Å². The van der Waals surface area contributed by atoms with Gasteiger partial charge in [-0.1, -0.05) is 6.92 Å². The van der Waals surface area contributed by atoms with Gasteiger partial charge in [-0.05, 0) is 44.7 Å². The summed E-state index contributed by atoms with van der Waals surface area (Å²) in [6, 6.07) is 4.46. The molecule has 1 saturated heterocycles. The maximum absolute atomic E-state index is 12.3. The summed E-state index contributed by atoms with van der Waals surface area (Å²) in [4.78, 5) is 14.7. The molecule has 0 unspecified atom stereocenters. The van der Waals surface area contributed by atoms with Crippen molar-refractivity contribution in [3.05, 3.63) is 23.5 Å². The van der Waals surface area contributed by atoms with Crippen LogP contribution in [-0.4, -0.2) is 46.2 Å². The molecular formula is C16H24N4O. The SMILES string of the molecule is CC(C)N1C[C@H](C)[C@H](NC(=O)c2ccc(C3CC3)nn2)C1. The minimum absolute atomic E-state index is 0.104. The molecule has 1 aromatic heterocycles. The van der Waals surface area contributed by atoms with Crippen LogP contribution in [0.4, 0.5) is 0 Å². The van der Waals surface area contributed by atoms with Crippen LogP contribution < -0.4 is 5.32 Å². The predicted octanol–water partition coefficient (Wildman–Crippen LogP) is 1.81. The van der Waals surface area contributed by atoms with Gasteiger partial charge in [0.25, 0.3) is 5.91 Å². The second-order valence-electron chi connectivity index (χ2n) is 6.72. The van der Waals surface area contributed by atoms with Crippen LogP contribution in [0.2, 0.25) is 0 Å². The average Bonchev–Trinajstić information content (AvgIpc) is 3.24. The molecule has 1 N–H and O–H groups in total. The lowest BCUT2D eigenvalue weighted by atomic mass is 10.1. The van der Waals surface area contributed by atoms with Gasteiger partial charge in [0, 0.05) is 31.1 Å². The van der Waals surface area contributed by atoms with Crippen molar-refractivity contribution < 1.29 is 4.79 Å². The Hall–Kier alpha value is -1.49. The minimum atomic E-state index is -0.104. The molecule has 1 aliphatic heterocycles. The van der Waals surface area contributed by atoms with Gasteiger partial charge in [-0.2, -0.15) is 5.10 Å². The molecule has 114 valence electrons. The van der Waals surface area contributed by atoms with E-state index in [1.54, 1.807) is 6.07 Å². The van der Waals surface area contributed by atoms with Gasteiger partial charge < -0.3 is 5.32 Å². The number of carbonyl (C=O) groups excluding carboxylic acids is 1. The van der Waals surface area contributed by atoms with Crippen molar-refractivity contribution in [2.75, 3.05) is 13.1 Å². The summed E-state index contributed by atoms with van der Waals surface area (Å²) in [6.07, 6.45) is 2.40. The van der Waals surface area contributed by atoms with E-state index < -0.39 is 0 Å². The summed E-state index contributed by atoms with van der Waals surface area (Å²) in [5.41, 5.74) is 1.45. The highest BCUT2D eigenvalue weighted by molar-refractivity contribution is 5.92. The molecule has 2 atom stereocenters. The quantitative estimate of drug-likeness (QED) is 0.918. The molecule has 5 heteroatoms. The molecule has 0 aromatic carbocycles. The second kappa shape index (κ2) is 5.72. The van der Waals surface area contributed by atoms with E-state index in [-0.39, 0.29) is 11.9 Å². The monoisotopic (exact) mass is 288 g/mol. The summed E-state index contributed by atoms with van der Waals surface area (Å²) < 4.78 is 0. The Balaban J connectivity index is 1.60. The van der Waals surface area contributed by atoms with Crippen molar-refractivity contribution in [2.45, 2.75) is 51.6 Å². The first-order valence-corrected chi connectivity index (χ1v) is 7.93. The van der Waals surface area contributed by atoms with Crippen LogP contribution in [0, 0.1) is 5.92 Å². The standard InChI is InChI=1S/C16H24N4O/c1-10(2)20-8-11(3)15(9-20)17-16(21)14-7-6-13(18-19-14)12-4-5-12/h6-7,10-12,15H,4-5,8-9H2,1-3H3,(H,17,21)/t11-,15+/m0/s1. The Bertz CT molecular complexity index is 510. The molecule has 2 heterocycles. The fourth-order valence-electron chi connectivity index (χ4n) is 2.92. The van der Waals surface area contributed by atoms with Crippen molar-refractivity contribution in [1.82, 2.24) is 20.4 Å². The molecular weight excluding hydrogens is 264 g/mol. The normalized spacial score (nSPS) is 26.3. The Kier molecular flexibility index (Phi) is 3.93. The summed E-state index contributed by atoms with van der Waals surface area (Å²) in [5, 5.41) is 11.4. The van der Waals surface area contributed by atoms with Crippen molar-refractivity contribution >= 4 is 5.91 Å². The molecule has 21 heavy (non-hydrogen) atoms. The number of carbonyl (C=O) groups is 1. The van der Waals surface area contributed by atoms with Gasteiger partial charge in [-0.25, -0.2) is 0 Å². The fourth-order valence-corrected chi connectivity index (χ4v) is 2.92. The molecule has 0 radical (unpaired) electrons. The zero-order chi connectivity index (χ0) is 15.0. The van der Waals surface area contributed by atoms with Gasteiger partial charge in [-0.15, -0.1) is 5.10 Å². The number of nitrogens with one attached hydrogen (secondary N) is 1. The molecule has 1 aromatic rings. The van der Waals surface area contributed by atoms with Crippen molar-refractivity contribution in [1.29, 1.82) is 0 Å². The van der Waals surface area contributed by atoms with Gasteiger partial charge in [-0.3, -0.25) is 9.69 Å². The van der Waals surface area contributed by atoms with E-state index in [1.807, 2.05) is 6.07 Å². The molecule has 1 saturated carbocycles. The maximum atomic E-state index is 12.3. The number of nitrogens with zero attached hydrogens (tertiary/aromatic N) is 3. The highest BCUT2D eigenvalue weighted by Gasteiger charge is 2.32. The number of likely N-dealkylation sites (tertiary alicyclic amines) is 1. The summed E-state index contributed by atoms with van der Waals surface area (Å²) in [6.45, 7) is 8.53. The largest absolute Gasteiger partial charge is 0.346 e. The van der Waals surface area contributed by atoms with Gasteiger partial charge in [0.05, 0.1) is 5.69 Å². The Morgan fingerprint density at radius 2 is 2.05 bits per heavy atom. The topological polar surface area (TPSA) is 58.1 Å². The summed E-state index contributed by atoms with van der Waals surface area (Å²) in [5.74, 6) is 0.936. The number of aromatic nitrogens is 2. The molecule has 0 bridgehead atoms. The van der Waals surface area contributed by atoms with E-state index >= 15 is 0 Å². The van der Waals surface area contributed by atoms with Gasteiger partial charge >= 0.3 is 0 Å². The van der Waals surface area contributed by atoms with Crippen LogP contribution in [0.3, 0.4) is 0 Å². The van der Waals surface area contributed by atoms with Crippen molar-refractivity contribution in [3.63, 3.8) is 0 Å². The number of hydrogen-bond acceptors (Lipinski definition) is 4. The third kappa shape index (κ3) is 3.23. The molecule has 5 nitrogen and oxygen atoms in total. The number of amides is 1. The minimum Gasteiger partial charge on any atom is -0.346 e. The zero-order valence-electron chi connectivity index (χ0n) is 13.0. The molecule has 2 fully saturated rings. The first kappa shape index (κ1) is 14.4. The third-order valence-electron chi connectivity index (χ3n) is 4.60. The molecule has 0 spiro atoms. The van der Waals surface area contributed by atoms with E-state index in [1.165, 1.54) is 12.8 Å². The van der Waals surface area contributed by atoms with Crippen LogP contribution in [0.25, 0.3) is 0 Å². The Morgan fingerprint density at radius 1 is 1.29 bits per heavy atom. The van der Waals surface area contributed by atoms with Crippen LogP contribution in [0.1, 0.15) is 55.7 Å². The molecule has 3 rings (SSSR count). The number of rotatable bonds is 4. The van der Waals surface area contributed by atoms with E-state index in [2.05, 4.69) is 41.2 Å². The molecule has 2 aliphatic rings. The lowest BCUT2D eigenvalue weighted by Crippen LogP contribution is -2.40. The molecule has 1 aliphatic carbocycles. The Labute approximate surface area is 126 Å². The Morgan fingerprint density at radius 3 is 2.57 bits per heavy atom. The lowest BCUT2D eigenvalue weighted by molar-refractivity contribution is 0.0924. The van der Waals surface area contributed by atoms with Gasteiger partial charge in [0.1, 0.15) is 0 Å². The van der Waals surface area contributed by atoms with E-state index in [4.69, 9.17) is 0 Å². The second-order valence-corrected chi connectivity index (χ2v) is 6.72. The first-order valence-electron chi connectivity index (χ1n) is 7.93. The van der Waals surface area contributed by atoms with Gasteiger partial charge in [0.2, 0.25) is 0 Å². The molecule has 1 amide bonds. The highest BCUT2D eigenvalue weighted by Crippen LogP contribution is 2.38. The van der Waals surface area contributed by atoms with Crippen molar-refractivity contribution in [2.24, 2.45) is 5.92 Å². The third-order valence-corrected chi connectivity index (χ3v) is 4.60.